The van der Waals surface area contributed by atoms with E-state index >= 15 is 0 Å². The molecule has 3 atom stereocenters. The molecule has 1 aliphatic rings. The first-order valence-corrected chi connectivity index (χ1v) is 16.3. The number of ether oxygens (including phenoxy) is 1. The maximum Gasteiger partial charge on any atom is 0.314 e. The maximum absolute atomic E-state index is 12.4. The monoisotopic (exact) mass is 454 g/mol. The number of aliphatic hydroxyl groups is 1. The second kappa shape index (κ2) is 15.2. The summed E-state index contributed by atoms with van der Waals surface area (Å²) in [4.78, 5) is 12.4. The first-order valence-electron chi connectivity index (χ1n) is 12.9. The Hall–Kier alpha value is -0.653. The fraction of sp³-hybridized carbons (Fsp3) is 0.885. The van der Waals surface area contributed by atoms with E-state index in [0.717, 1.165) is 12.8 Å². The molecular formula is C26H50O4Si. The summed E-state index contributed by atoms with van der Waals surface area (Å²) in [7, 11) is -0.441. The van der Waals surface area contributed by atoms with Gasteiger partial charge in [-0.2, -0.15) is 0 Å². The molecular weight excluding hydrogens is 404 g/mol. The molecule has 0 bridgehead atoms. The normalized spacial score (nSPS) is 23.4. The summed E-state index contributed by atoms with van der Waals surface area (Å²) in [6, 6.07) is 0. The van der Waals surface area contributed by atoms with E-state index in [0.29, 0.717) is 6.42 Å². The van der Waals surface area contributed by atoms with Crippen molar-refractivity contribution in [1.29, 1.82) is 0 Å². The Morgan fingerprint density at radius 2 is 1.32 bits per heavy atom. The van der Waals surface area contributed by atoms with Gasteiger partial charge in [-0.05, 0) is 26.1 Å². The standard InChI is InChI=1S/C26H50O4Si/c1-6-7-8-9-10-11-12-13-14-15-16-17-18-19-21-26(28)22-20-23(30-31(3,4)5)24(26)25(27)29-2/h20,22-24,28H,6-19,21H2,1-5H3/t23-,24-,26-/m0/s1. The van der Waals surface area contributed by atoms with Crippen molar-refractivity contribution in [1.82, 2.24) is 0 Å². The predicted octanol–water partition coefficient (Wildman–Crippen LogP) is 7.17. The first-order chi connectivity index (χ1) is 14.7. The Morgan fingerprint density at radius 1 is 0.871 bits per heavy atom. The van der Waals surface area contributed by atoms with Crippen LogP contribution in [0.15, 0.2) is 12.2 Å². The van der Waals surface area contributed by atoms with Crippen LogP contribution in [-0.4, -0.2) is 38.2 Å². The van der Waals surface area contributed by atoms with Crippen molar-refractivity contribution in [2.75, 3.05) is 7.11 Å². The van der Waals surface area contributed by atoms with Gasteiger partial charge in [0.2, 0.25) is 0 Å². The van der Waals surface area contributed by atoms with Crippen LogP contribution in [-0.2, 0) is 14.0 Å². The van der Waals surface area contributed by atoms with E-state index in [9.17, 15) is 9.90 Å². The van der Waals surface area contributed by atoms with E-state index in [4.69, 9.17) is 9.16 Å². The molecule has 0 saturated carbocycles. The van der Waals surface area contributed by atoms with Gasteiger partial charge in [0.1, 0.15) is 5.92 Å². The zero-order chi connectivity index (χ0) is 23.2. The molecule has 0 saturated heterocycles. The number of hydrogen-bond acceptors (Lipinski definition) is 4. The fourth-order valence-corrected chi connectivity index (χ4v) is 5.61. The average molecular weight is 455 g/mol. The van der Waals surface area contributed by atoms with Gasteiger partial charge < -0.3 is 14.3 Å². The van der Waals surface area contributed by atoms with Crippen LogP contribution in [0.5, 0.6) is 0 Å². The van der Waals surface area contributed by atoms with Gasteiger partial charge in [0.25, 0.3) is 0 Å². The predicted molar refractivity (Wildman–Crippen MR) is 133 cm³/mol. The Bertz CT molecular complexity index is 514. The summed E-state index contributed by atoms with van der Waals surface area (Å²) in [5.41, 5.74) is -1.14. The zero-order valence-corrected chi connectivity index (χ0v) is 22.1. The van der Waals surface area contributed by atoms with Crippen molar-refractivity contribution in [3.63, 3.8) is 0 Å². The maximum atomic E-state index is 12.4. The zero-order valence-electron chi connectivity index (χ0n) is 21.1. The van der Waals surface area contributed by atoms with Crippen molar-refractivity contribution in [3.05, 3.63) is 12.2 Å². The summed E-state index contributed by atoms with van der Waals surface area (Å²) in [5.74, 6) is -1.02. The number of methoxy groups -OCH3 is 1. The summed E-state index contributed by atoms with van der Waals surface area (Å²) in [5, 5.41) is 11.2. The van der Waals surface area contributed by atoms with Crippen LogP contribution in [0.2, 0.25) is 19.6 Å². The first kappa shape index (κ1) is 28.4. The van der Waals surface area contributed by atoms with Crippen LogP contribution in [0.1, 0.15) is 103 Å². The number of unbranched alkanes of at least 4 members (excludes halogenated alkanes) is 13. The van der Waals surface area contributed by atoms with Crippen LogP contribution in [0, 0.1) is 5.92 Å². The molecule has 0 aromatic carbocycles. The fourth-order valence-electron chi connectivity index (χ4n) is 4.58. The third kappa shape index (κ3) is 11.7. The highest BCUT2D eigenvalue weighted by Crippen LogP contribution is 2.38. The molecule has 182 valence electrons. The van der Waals surface area contributed by atoms with Crippen LogP contribution in [0.3, 0.4) is 0 Å². The molecule has 0 amide bonds. The third-order valence-electron chi connectivity index (χ3n) is 6.32. The van der Waals surface area contributed by atoms with Crippen molar-refractivity contribution in [3.8, 4) is 0 Å². The molecule has 0 unspecified atom stereocenters. The number of carbonyl (C=O) groups excluding carboxylic acids is 1. The molecule has 31 heavy (non-hydrogen) atoms. The highest BCUT2D eigenvalue weighted by atomic mass is 28.4. The smallest absolute Gasteiger partial charge is 0.314 e. The molecule has 0 aromatic heterocycles. The largest absolute Gasteiger partial charge is 0.469 e. The topological polar surface area (TPSA) is 55.8 Å². The van der Waals surface area contributed by atoms with Crippen molar-refractivity contribution in [2.45, 2.75) is 135 Å². The average Bonchev–Trinajstić information content (AvgIpc) is 3.02. The van der Waals surface area contributed by atoms with Crippen molar-refractivity contribution in [2.24, 2.45) is 5.92 Å². The highest BCUT2D eigenvalue weighted by molar-refractivity contribution is 6.69. The molecule has 0 aromatic rings. The minimum Gasteiger partial charge on any atom is -0.469 e. The van der Waals surface area contributed by atoms with Gasteiger partial charge in [-0.3, -0.25) is 4.79 Å². The summed E-state index contributed by atoms with van der Waals surface area (Å²) >= 11 is 0. The Morgan fingerprint density at radius 3 is 1.74 bits per heavy atom. The molecule has 1 aliphatic carbocycles. The second-order valence-electron chi connectivity index (χ2n) is 10.4. The highest BCUT2D eigenvalue weighted by Gasteiger charge is 2.49. The minimum atomic E-state index is -1.83. The van der Waals surface area contributed by atoms with Gasteiger partial charge in [-0.15, -0.1) is 0 Å². The molecule has 4 nitrogen and oxygen atoms in total. The van der Waals surface area contributed by atoms with Gasteiger partial charge >= 0.3 is 5.97 Å². The molecule has 1 N–H and O–H groups in total. The Kier molecular flexibility index (Phi) is 13.9. The van der Waals surface area contributed by atoms with E-state index in [-0.39, 0.29) is 12.1 Å². The van der Waals surface area contributed by atoms with E-state index in [2.05, 4.69) is 26.6 Å². The number of carbonyl (C=O) groups is 1. The quantitative estimate of drug-likeness (QED) is 0.103. The van der Waals surface area contributed by atoms with Gasteiger partial charge in [-0.1, -0.05) is 109 Å². The van der Waals surface area contributed by atoms with E-state index < -0.39 is 19.8 Å². The SMILES string of the molecule is CCCCCCCCCCCCCCCC[C@]1(O)C=C[C@H](O[Si](C)(C)C)[C@H]1C(=O)OC. The third-order valence-corrected chi connectivity index (χ3v) is 7.30. The van der Waals surface area contributed by atoms with Gasteiger partial charge in [0, 0.05) is 0 Å². The lowest BCUT2D eigenvalue weighted by Gasteiger charge is -2.33. The van der Waals surface area contributed by atoms with Crippen LogP contribution in [0.25, 0.3) is 0 Å². The van der Waals surface area contributed by atoms with Gasteiger partial charge in [-0.25, -0.2) is 0 Å². The lowest BCUT2D eigenvalue weighted by atomic mass is 9.84. The Labute approximate surface area is 193 Å². The minimum absolute atomic E-state index is 0.374. The van der Waals surface area contributed by atoms with Crippen molar-refractivity contribution >= 4 is 14.3 Å². The van der Waals surface area contributed by atoms with Crippen LogP contribution in [0.4, 0.5) is 0 Å². The molecule has 0 aliphatic heterocycles. The Balaban J connectivity index is 2.17. The molecule has 0 heterocycles. The van der Waals surface area contributed by atoms with E-state index in [1.807, 2.05) is 6.08 Å². The van der Waals surface area contributed by atoms with E-state index in [1.54, 1.807) is 6.08 Å². The molecule has 0 fully saturated rings. The number of hydrogen-bond donors (Lipinski definition) is 1. The summed E-state index contributed by atoms with van der Waals surface area (Å²) < 4.78 is 11.1. The van der Waals surface area contributed by atoms with Gasteiger partial charge in [0.15, 0.2) is 8.32 Å². The summed E-state index contributed by atoms with van der Waals surface area (Å²) in [6.07, 6.45) is 22.1. The van der Waals surface area contributed by atoms with E-state index in [1.165, 1.54) is 84.2 Å². The molecule has 0 radical (unpaired) electrons. The molecule has 0 spiro atoms. The van der Waals surface area contributed by atoms with Crippen LogP contribution < -0.4 is 0 Å². The number of rotatable bonds is 18. The summed E-state index contributed by atoms with van der Waals surface area (Å²) in [6.45, 7) is 8.56. The number of esters is 1. The van der Waals surface area contributed by atoms with Crippen LogP contribution >= 0.6 is 0 Å². The molecule has 1 rings (SSSR count). The molecule has 5 heteroatoms. The lowest BCUT2D eigenvalue weighted by molar-refractivity contribution is -0.156. The second-order valence-corrected chi connectivity index (χ2v) is 14.9. The van der Waals surface area contributed by atoms with Gasteiger partial charge in [0.05, 0.1) is 18.8 Å². The lowest BCUT2D eigenvalue weighted by Crippen LogP contribution is -2.47. The van der Waals surface area contributed by atoms with Crippen molar-refractivity contribution < 1.29 is 19.1 Å².